The van der Waals surface area contributed by atoms with Crippen LogP contribution in [-0.2, 0) is 6.54 Å². The summed E-state index contributed by atoms with van der Waals surface area (Å²) < 4.78 is 3.55. The first kappa shape index (κ1) is 21.4. The van der Waals surface area contributed by atoms with Crippen molar-refractivity contribution in [1.29, 1.82) is 0 Å². The van der Waals surface area contributed by atoms with Gasteiger partial charge >= 0.3 is 0 Å². The van der Waals surface area contributed by atoms with Crippen molar-refractivity contribution < 1.29 is 4.79 Å². The second kappa shape index (κ2) is 9.19. The van der Waals surface area contributed by atoms with Gasteiger partial charge in [0.05, 0.1) is 12.1 Å². The summed E-state index contributed by atoms with van der Waals surface area (Å²) in [6.07, 6.45) is 7.06. The highest BCUT2D eigenvalue weighted by Crippen LogP contribution is 2.16. The van der Waals surface area contributed by atoms with Gasteiger partial charge in [-0.1, -0.05) is 12.1 Å². The van der Waals surface area contributed by atoms with Crippen LogP contribution in [0, 0.1) is 0 Å². The number of benzene rings is 1. The van der Waals surface area contributed by atoms with Gasteiger partial charge in [-0.15, -0.1) is 0 Å². The number of carbonyl (C=O) groups is 1. The van der Waals surface area contributed by atoms with Crippen LogP contribution in [0.15, 0.2) is 65.7 Å². The lowest BCUT2D eigenvalue weighted by Gasteiger charge is -2.23. The van der Waals surface area contributed by atoms with Crippen molar-refractivity contribution in [2.45, 2.75) is 38.8 Å². The van der Waals surface area contributed by atoms with Crippen molar-refractivity contribution in [3.05, 3.63) is 82.4 Å². The molecule has 7 heteroatoms. The van der Waals surface area contributed by atoms with Crippen molar-refractivity contribution >= 4 is 22.6 Å². The average Bonchev–Trinajstić information content (AvgIpc) is 3.55. The first-order valence-corrected chi connectivity index (χ1v) is 11.7. The number of amides is 1. The van der Waals surface area contributed by atoms with Gasteiger partial charge in [0.1, 0.15) is 5.52 Å². The zero-order chi connectivity index (χ0) is 22.8. The third-order valence-electron chi connectivity index (χ3n) is 6.64. The van der Waals surface area contributed by atoms with Crippen molar-refractivity contribution in [3.8, 4) is 0 Å². The Morgan fingerprint density at radius 3 is 2.76 bits per heavy atom. The fraction of sp³-hybridized carbons (Fsp3) is 0.346. The van der Waals surface area contributed by atoms with Crippen LogP contribution in [0.4, 0.5) is 0 Å². The maximum atomic E-state index is 13.2. The van der Waals surface area contributed by atoms with E-state index in [-0.39, 0.29) is 11.5 Å². The Hall–Kier alpha value is -3.45. The molecule has 1 saturated heterocycles. The number of hydrogen-bond acceptors (Lipinski definition) is 4. The molecule has 1 aromatic carbocycles. The molecule has 3 aromatic heterocycles. The number of nitrogens with zero attached hydrogens (tertiary/aromatic N) is 4. The van der Waals surface area contributed by atoms with Gasteiger partial charge in [0.25, 0.3) is 11.5 Å². The van der Waals surface area contributed by atoms with Gasteiger partial charge in [-0.05, 0) is 81.2 Å². The van der Waals surface area contributed by atoms with Gasteiger partial charge in [-0.25, -0.2) is 4.98 Å². The number of pyridine rings is 1. The van der Waals surface area contributed by atoms with Crippen molar-refractivity contribution in [2.24, 2.45) is 0 Å². The molecule has 4 heterocycles. The quantitative estimate of drug-likeness (QED) is 0.476. The largest absolute Gasteiger partial charge is 0.352 e. The average molecular weight is 444 g/mol. The van der Waals surface area contributed by atoms with Crippen LogP contribution in [0.5, 0.6) is 0 Å². The number of fused-ring (bicyclic) bond motifs is 3. The minimum Gasteiger partial charge on any atom is -0.352 e. The van der Waals surface area contributed by atoms with Gasteiger partial charge in [-0.3, -0.25) is 14.2 Å². The number of nitrogens with one attached hydrogen (secondary N) is 1. The smallest absolute Gasteiger partial charge is 0.276 e. The highest BCUT2D eigenvalue weighted by atomic mass is 16.1. The molecule has 1 amide bonds. The first-order valence-electron chi connectivity index (χ1n) is 11.7. The van der Waals surface area contributed by atoms with E-state index >= 15 is 0 Å². The number of hydrogen-bond donors (Lipinski definition) is 1. The van der Waals surface area contributed by atoms with E-state index in [1.54, 1.807) is 10.8 Å². The predicted octanol–water partition coefficient (Wildman–Crippen LogP) is 3.30. The van der Waals surface area contributed by atoms with Crippen LogP contribution < -0.4 is 10.9 Å². The van der Waals surface area contributed by atoms with E-state index in [0.29, 0.717) is 35.9 Å². The summed E-state index contributed by atoms with van der Waals surface area (Å²) in [5.41, 5.74) is 3.50. The van der Waals surface area contributed by atoms with Crippen LogP contribution in [0.1, 0.15) is 42.1 Å². The lowest BCUT2D eigenvalue weighted by molar-refractivity contribution is 0.0949. The number of aromatic nitrogens is 3. The van der Waals surface area contributed by atoms with Crippen LogP contribution in [0.3, 0.4) is 0 Å². The second-order valence-electron chi connectivity index (χ2n) is 8.84. The lowest BCUT2D eigenvalue weighted by atomic mass is 10.1. The zero-order valence-electron chi connectivity index (χ0n) is 18.9. The fourth-order valence-corrected chi connectivity index (χ4v) is 4.79. The molecule has 170 valence electrons. The Bertz CT molecular complexity index is 1350. The molecule has 7 nitrogen and oxygen atoms in total. The summed E-state index contributed by atoms with van der Waals surface area (Å²) in [5.74, 6) is -0.0807. The van der Waals surface area contributed by atoms with Crippen LogP contribution in [0.25, 0.3) is 16.7 Å². The van der Waals surface area contributed by atoms with Crippen molar-refractivity contribution in [1.82, 2.24) is 24.2 Å². The third kappa shape index (κ3) is 4.28. The normalized spacial score (nSPS) is 15.3. The Balaban J connectivity index is 1.33. The number of carbonyl (C=O) groups excluding carboxylic acids is 1. The molecule has 0 aliphatic carbocycles. The molecule has 33 heavy (non-hydrogen) atoms. The lowest BCUT2D eigenvalue weighted by Crippen LogP contribution is -2.34. The van der Waals surface area contributed by atoms with Gasteiger partial charge in [0.2, 0.25) is 0 Å². The minimum absolute atomic E-state index is 0.0807. The van der Waals surface area contributed by atoms with Crippen LogP contribution >= 0.6 is 0 Å². The fourth-order valence-electron chi connectivity index (χ4n) is 4.79. The SMILES string of the molecule is C[C@@H](CCNC(=O)c1cccc(Cn2c(=O)c3cccn3c3cccnc32)c1)N1CCCC1. The molecule has 0 bridgehead atoms. The molecular formula is C26H29N5O2. The predicted molar refractivity (Wildman–Crippen MR) is 130 cm³/mol. The summed E-state index contributed by atoms with van der Waals surface area (Å²) in [5, 5.41) is 3.06. The van der Waals surface area contributed by atoms with E-state index in [1.165, 1.54) is 12.8 Å². The Kier molecular flexibility index (Phi) is 5.96. The molecule has 0 saturated carbocycles. The van der Waals surface area contributed by atoms with E-state index < -0.39 is 0 Å². The van der Waals surface area contributed by atoms with Gasteiger partial charge in [0.15, 0.2) is 5.65 Å². The summed E-state index contributed by atoms with van der Waals surface area (Å²) >= 11 is 0. The maximum Gasteiger partial charge on any atom is 0.276 e. The van der Waals surface area contributed by atoms with E-state index in [1.807, 2.05) is 59.1 Å². The highest BCUT2D eigenvalue weighted by molar-refractivity contribution is 5.94. The van der Waals surface area contributed by atoms with E-state index in [9.17, 15) is 9.59 Å². The van der Waals surface area contributed by atoms with E-state index in [2.05, 4.69) is 22.1 Å². The molecule has 1 aliphatic heterocycles. The summed E-state index contributed by atoms with van der Waals surface area (Å²) in [4.78, 5) is 32.9. The summed E-state index contributed by atoms with van der Waals surface area (Å²) in [6, 6.07) is 15.5. The molecular weight excluding hydrogens is 414 g/mol. The van der Waals surface area contributed by atoms with Crippen molar-refractivity contribution in [2.75, 3.05) is 19.6 Å². The zero-order valence-corrected chi connectivity index (χ0v) is 18.9. The molecule has 0 unspecified atom stereocenters. The van der Waals surface area contributed by atoms with Gasteiger partial charge in [-0.2, -0.15) is 0 Å². The third-order valence-corrected chi connectivity index (χ3v) is 6.64. The topological polar surface area (TPSA) is 71.6 Å². The molecule has 0 radical (unpaired) electrons. The van der Waals surface area contributed by atoms with E-state index in [0.717, 1.165) is 30.6 Å². The Morgan fingerprint density at radius 1 is 1.09 bits per heavy atom. The monoisotopic (exact) mass is 443 g/mol. The van der Waals surface area contributed by atoms with Gasteiger partial charge < -0.3 is 14.6 Å². The Morgan fingerprint density at radius 2 is 1.91 bits per heavy atom. The molecule has 4 aromatic rings. The molecule has 1 aliphatic rings. The van der Waals surface area contributed by atoms with E-state index in [4.69, 9.17) is 0 Å². The number of likely N-dealkylation sites (tertiary alicyclic amines) is 1. The summed E-state index contributed by atoms with van der Waals surface area (Å²) in [6.45, 7) is 5.56. The Labute approximate surface area is 192 Å². The standard InChI is InChI=1S/C26H29N5O2/c1-19(29-14-2-3-15-29)11-13-28-25(32)21-8-4-7-20(17-21)18-31-24-22(9-5-12-27-24)30-16-6-10-23(30)26(31)33/h4-10,12,16-17,19H,2-3,11,13-15,18H2,1H3,(H,28,32)/t19-/m0/s1. The van der Waals surface area contributed by atoms with Crippen LogP contribution in [0.2, 0.25) is 0 Å². The van der Waals surface area contributed by atoms with Gasteiger partial charge in [0, 0.05) is 30.5 Å². The molecule has 1 N–H and O–H groups in total. The second-order valence-corrected chi connectivity index (χ2v) is 8.84. The molecule has 0 spiro atoms. The van der Waals surface area contributed by atoms with Crippen molar-refractivity contribution in [3.63, 3.8) is 0 Å². The first-order chi connectivity index (χ1) is 16.1. The summed E-state index contributed by atoms with van der Waals surface area (Å²) in [7, 11) is 0. The maximum absolute atomic E-state index is 13.2. The minimum atomic E-state index is -0.100. The highest BCUT2D eigenvalue weighted by Gasteiger charge is 2.18. The molecule has 1 fully saturated rings. The number of rotatable bonds is 7. The van der Waals surface area contributed by atoms with Crippen LogP contribution in [-0.4, -0.2) is 50.4 Å². The molecule has 1 atom stereocenters. The molecule has 5 rings (SSSR count).